The van der Waals surface area contributed by atoms with Crippen molar-refractivity contribution in [2.24, 2.45) is 0 Å². The van der Waals surface area contributed by atoms with Gasteiger partial charge in [-0.3, -0.25) is 0 Å². The minimum atomic E-state index is -1.92. The third-order valence-corrected chi connectivity index (χ3v) is 10.5. The summed E-state index contributed by atoms with van der Waals surface area (Å²) in [4.78, 5) is 0. The molecule has 0 aliphatic carbocycles. The average molecular weight is 434 g/mol. The predicted octanol–water partition coefficient (Wildman–Crippen LogP) is 6.63. The number of nitrogens with one attached hydrogen (secondary N) is 1. The van der Waals surface area contributed by atoms with E-state index in [1.165, 1.54) is 5.56 Å². The van der Waals surface area contributed by atoms with Crippen molar-refractivity contribution in [2.75, 3.05) is 13.7 Å². The lowest BCUT2D eigenvalue weighted by molar-refractivity contribution is 0.176. The molecule has 3 nitrogen and oxygen atoms in total. The van der Waals surface area contributed by atoms with Crippen LogP contribution in [0, 0.1) is 0 Å². The Morgan fingerprint density at radius 2 is 1.72 bits per heavy atom. The molecule has 0 amide bonds. The van der Waals surface area contributed by atoms with Gasteiger partial charge in [-0.2, -0.15) is 0 Å². The quantitative estimate of drug-likeness (QED) is 0.450. The Bertz CT molecular complexity index is 771. The van der Waals surface area contributed by atoms with Crippen molar-refractivity contribution in [3.8, 4) is 5.75 Å². The van der Waals surface area contributed by atoms with Gasteiger partial charge in [0.25, 0.3) is 0 Å². The van der Waals surface area contributed by atoms with Gasteiger partial charge >= 0.3 is 0 Å². The van der Waals surface area contributed by atoms with Gasteiger partial charge in [-0.15, -0.1) is 0 Å². The second kappa shape index (κ2) is 10.1. The van der Waals surface area contributed by atoms with Gasteiger partial charge in [0.2, 0.25) is 0 Å². The summed E-state index contributed by atoms with van der Waals surface area (Å²) in [7, 11) is -0.230. The summed E-state index contributed by atoms with van der Waals surface area (Å²) >= 11 is 6.27. The van der Waals surface area contributed by atoms with Crippen molar-refractivity contribution in [1.82, 2.24) is 5.32 Å². The molecule has 0 aliphatic heterocycles. The largest absolute Gasteiger partial charge is 0.497 e. The Morgan fingerprint density at radius 1 is 1.07 bits per heavy atom. The Morgan fingerprint density at radius 3 is 2.28 bits per heavy atom. The molecule has 1 unspecified atom stereocenters. The molecular formula is C24H36ClNO2Si. The van der Waals surface area contributed by atoms with Gasteiger partial charge < -0.3 is 14.5 Å². The van der Waals surface area contributed by atoms with Crippen molar-refractivity contribution in [3.05, 3.63) is 64.7 Å². The predicted molar refractivity (Wildman–Crippen MR) is 127 cm³/mol. The van der Waals surface area contributed by atoms with Gasteiger partial charge in [0.1, 0.15) is 5.75 Å². The minimum absolute atomic E-state index is 0.0205. The molecule has 0 radical (unpaired) electrons. The third-order valence-electron chi connectivity index (χ3n) is 5.82. The third kappa shape index (κ3) is 7.14. The molecule has 0 aromatic heterocycles. The van der Waals surface area contributed by atoms with Gasteiger partial charge in [0.15, 0.2) is 8.32 Å². The van der Waals surface area contributed by atoms with E-state index in [4.69, 9.17) is 20.8 Å². The number of rotatable bonds is 9. The lowest BCUT2D eigenvalue weighted by Gasteiger charge is -2.39. The molecule has 0 saturated heterocycles. The van der Waals surface area contributed by atoms with Crippen molar-refractivity contribution >= 4 is 19.9 Å². The number of halogens is 1. The Balaban J connectivity index is 2.08. The van der Waals surface area contributed by atoms with Crippen LogP contribution in [-0.4, -0.2) is 28.0 Å². The monoisotopic (exact) mass is 433 g/mol. The van der Waals surface area contributed by atoms with E-state index in [9.17, 15) is 0 Å². The van der Waals surface area contributed by atoms with Crippen molar-refractivity contribution in [1.29, 1.82) is 0 Å². The number of methoxy groups -OCH3 is 1. The van der Waals surface area contributed by atoms with Crippen LogP contribution in [0.25, 0.3) is 0 Å². The lowest BCUT2D eigenvalue weighted by atomic mass is 10.1. The van der Waals surface area contributed by atoms with E-state index in [0.29, 0.717) is 6.04 Å². The first-order chi connectivity index (χ1) is 13.5. The van der Waals surface area contributed by atoms with Gasteiger partial charge in [-0.25, -0.2) is 0 Å². The highest BCUT2D eigenvalue weighted by Crippen LogP contribution is 2.39. The fourth-order valence-corrected chi connectivity index (χ4v) is 4.45. The summed E-state index contributed by atoms with van der Waals surface area (Å²) in [5.74, 6) is 0.887. The molecular weight excluding hydrogens is 398 g/mol. The highest BCUT2D eigenvalue weighted by atomic mass is 35.5. The van der Waals surface area contributed by atoms with E-state index in [1.807, 2.05) is 30.3 Å². The Labute approximate surface area is 182 Å². The molecule has 0 heterocycles. The van der Waals surface area contributed by atoms with Gasteiger partial charge in [-0.05, 0) is 66.9 Å². The van der Waals surface area contributed by atoms with Crippen LogP contribution in [0.5, 0.6) is 5.75 Å². The molecule has 29 heavy (non-hydrogen) atoms. The maximum atomic E-state index is 6.78. The van der Waals surface area contributed by atoms with E-state index < -0.39 is 8.32 Å². The van der Waals surface area contributed by atoms with Crippen LogP contribution in [0.4, 0.5) is 0 Å². The maximum Gasteiger partial charge on any atom is 0.192 e. The zero-order valence-electron chi connectivity index (χ0n) is 18.9. The van der Waals surface area contributed by atoms with Gasteiger partial charge in [0, 0.05) is 17.6 Å². The fraction of sp³-hybridized carbons (Fsp3) is 0.500. The number of hydrogen-bond donors (Lipinski definition) is 1. The highest BCUT2D eigenvalue weighted by molar-refractivity contribution is 6.74. The van der Waals surface area contributed by atoms with Crippen LogP contribution < -0.4 is 10.1 Å². The lowest BCUT2D eigenvalue weighted by Crippen LogP contribution is -2.44. The molecule has 1 N–H and O–H groups in total. The molecule has 5 heteroatoms. The average Bonchev–Trinajstić information content (AvgIpc) is 2.64. The molecule has 0 fully saturated rings. The van der Waals surface area contributed by atoms with Crippen LogP contribution >= 0.6 is 11.6 Å². The first-order valence-corrected chi connectivity index (χ1v) is 13.6. The normalized spacial score (nSPS) is 14.5. The summed E-state index contributed by atoms with van der Waals surface area (Å²) in [6.07, 6.45) is 0.930. The van der Waals surface area contributed by atoms with Crippen LogP contribution in [0.2, 0.25) is 23.2 Å². The molecule has 2 aromatic rings. The molecule has 0 spiro atoms. The van der Waals surface area contributed by atoms with Crippen LogP contribution in [0.15, 0.2) is 48.5 Å². The molecule has 0 aliphatic rings. The Kier molecular flexibility index (Phi) is 8.35. The highest BCUT2D eigenvalue weighted by Gasteiger charge is 2.39. The van der Waals surface area contributed by atoms with Crippen molar-refractivity contribution in [2.45, 2.75) is 64.4 Å². The number of hydrogen-bond acceptors (Lipinski definition) is 3. The van der Waals surface area contributed by atoms with Crippen LogP contribution in [0.3, 0.4) is 0 Å². The molecule has 0 saturated carbocycles. The van der Waals surface area contributed by atoms with E-state index >= 15 is 0 Å². The molecule has 160 valence electrons. The van der Waals surface area contributed by atoms with Crippen molar-refractivity contribution < 1.29 is 9.16 Å². The smallest absolute Gasteiger partial charge is 0.192 e. The standard InChI is InChI=1S/C24H36ClNO2Si/c1-18(15-19-11-13-22(27-5)14-12-19)26-17-23(20-9-8-10-21(25)16-20)28-29(6,7)24(2,3)4/h8-14,16,18,23,26H,15,17H2,1-7H3/t18-,23?/m1/s1. The zero-order chi connectivity index (χ0) is 21.7. The van der Waals surface area contributed by atoms with E-state index in [2.05, 4.69) is 64.3 Å². The molecule has 2 rings (SSSR count). The second-order valence-corrected chi connectivity index (χ2v) is 14.5. The van der Waals surface area contributed by atoms with Crippen LogP contribution in [-0.2, 0) is 10.8 Å². The van der Waals surface area contributed by atoms with Gasteiger partial charge in [0.05, 0.1) is 13.2 Å². The second-order valence-electron chi connectivity index (χ2n) is 9.28. The molecule has 2 aromatic carbocycles. The summed E-state index contributed by atoms with van der Waals surface area (Å²) in [5.41, 5.74) is 2.42. The zero-order valence-corrected chi connectivity index (χ0v) is 20.6. The Hall–Kier alpha value is -1.33. The van der Waals surface area contributed by atoms with Crippen molar-refractivity contribution in [3.63, 3.8) is 0 Å². The first-order valence-electron chi connectivity index (χ1n) is 10.3. The van der Waals surface area contributed by atoms with E-state index in [0.717, 1.165) is 29.3 Å². The van der Waals surface area contributed by atoms with Crippen LogP contribution in [0.1, 0.15) is 44.9 Å². The summed E-state index contributed by atoms with van der Waals surface area (Å²) < 4.78 is 12.0. The number of benzene rings is 2. The fourth-order valence-electron chi connectivity index (χ4n) is 2.96. The number of ether oxygens (including phenoxy) is 1. The SMILES string of the molecule is COc1ccc(C[C@@H](C)NCC(O[Si](C)(C)C(C)(C)C)c2cccc(Cl)c2)cc1. The summed E-state index contributed by atoms with van der Waals surface area (Å²) in [6, 6.07) is 16.6. The molecule has 0 bridgehead atoms. The first kappa shape index (κ1) is 23.9. The maximum absolute atomic E-state index is 6.78. The summed E-state index contributed by atoms with van der Waals surface area (Å²) in [5, 5.41) is 4.57. The van der Waals surface area contributed by atoms with E-state index in [-0.39, 0.29) is 11.1 Å². The minimum Gasteiger partial charge on any atom is -0.497 e. The topological polar surface area (TPSA) is 30.5 Å². The van der Waals surface area contributed by atoms with Gasteiger partial charge in [-0.1, -0.05) is 56.6 Å². The van der Waals surface area contributed by atoms with E-state index in [1.54, 1.807) is 7.11 Å². The molecule has 2 atom stereocenters. The summed E-state index contributed by atoms with van der Waals surface area (Å²) in [6.45, 7) is 14.4.